The molecule has 1 fully saturated rings. The second-order valence-electron chi connectivity index (χ2n) is 5.56. The SMILES string of the molecule is CC(Nc1ccc(N2CCCC2)nc1)c1ccc(O)cc1. The number of phenolic OH excluding ortho intramolecular Hbond substituents is 1. The molecule has 21 heavy (non-hydrogen) atoms. The van der Waals surface area contributed by atoms with E-state index >= 15 is 0 Å². The van der Waals surface area contributed by atoms with Crippen molar-refractivity contribution in [1.29, 1.82) is 0 Å². The van der Waals surface area contributed by atoms with Crippen LogP contribution >= 0.6 is 0 Å². The lowest BCUT2D eigenvalue weighted by atomic mass is 10.1. The van der Waals surface area contributed by atoms with Gasteiger partial charge in [0.1, 0.15) is 11.6 Å². The number of hydrogen-bond donors (Lipinski definition) is 2. The maximum atomic E-state index is 9.33. The van der Waals surface area contributed by atoms with Gasteiger partial charge in [-0.2, -0.15) is 0 Å². The lowest BCUT2D eigenvalue weighted by Gasteiger charge is -2.18. The van der Waals surface area contributed by atoms with Gasteiger partial charge in [-0.05, 0) is 49.6 Å². The highest BCUT2D eigenvalue weighted by molar-refractivity contribution is 5.50. The first-order valence-corrected chi connectivity index (χ1v) is 7.49. The zero-order valence-electron chi connectivity index (χ0n) is 12.3. The fourth-order valence-electron chi connectivity index (χ4n) is 2.70. The van der Waals surface area contributed by atoms with Crippen LogP contribution in [-0.4, -0.2) is 23.2 Å². The highest BCUT2D eigenvalue weighted by Gasteiger charge is 2.13. The Bertz CT molecular complexity index is 574. The fraction of sp³-hybridized carbons (Fsp3) is 0.353. The average molecular weight is 283 g/mol. The maximum absolute atomic E-state index is 9.33. The van der Waals surface area contributed by atoms with Gasteiger partial charge in [0.25, 0.3) is 0 Å². The molecule has 2 N–H and O–H groups in total. The number of phenols is 1. The van der Waals surface area contributed by atoms with Crippen LogP contribution < -0.4 is 10.2 Å². The van der Waals surface area contributed by atoms with Crippen molar-refractivity contribution in [2.75, 3.05) is 23.3 Å². The van der Waals surface area contributed by atoms with Gasteiger partial charge in [-0.1, -0.05) is 12.1 Å². The number of nitrogens with one attached hydrogen (secondary N) is 1. The summed E-state index contributed by atoms with van der Waals surface area (Å²) in [6.45, 7) is 4.33. The summed E-state index contributed by atoms with van der Waals surface area (Å²) >= 11 is 0. The molecule has 2 aromatic rings. The lowest BCUT2D eigenvalue weighted by Crippen LogP contribution is -2.18. The highest BCUT2D eigenvalue weighted by Crippen LogP contribution is 2.23. The van der Waals surface area contributed by atoms with Gasteiger partial charge >= 0.3 is 0 Å². The summed E-state index contributed by atoms with van der Waals surface area (Å²) in [5.74, 6) is 1.36. The summed E-state index contributed by atoms with van der Waals surface area (Å²) in [5, 5.41) is 12.8. The molecule has 110 valence electrons. The Labute approximate surface area is 125 Å². The molecule has 1 aromatic heterocycles. The van der Waals surface area contributed by atoms with Gasteiger partial charge in [0.15, 0.2) is 0 Å². The van der Waals surface area contributed by atoms with E-state index in [-0.39, 0.29) is 6.04 Å². The van der Waals surface area contributed by atoms with Gasteiger partial charge in [-0.25, -0.2) is 4.98 Å². The predicted molar refractivity (Wildman–Crippen MR) is 85.8 cm³/mol. The molecule has 2 heterocycles. The van der Waals surface area contributed by atoms with Crippen molar-refractivity contribution >= 4 is 11.5 Å². The van der Waals surface area contributed by atoms with Crippen LogP contribution in [0.1, 0.15) is 31.4 Å². The summed E-state index contributed by atoms with van der Waals surface area (Å²) in [5.41, 5.74) is 2.15. The first kappa shape index (κ1) is 13.7. The van der Waals surface area contributed by atoms with Crippen molar-refractivity contribution in [2.45, 2.75) is 25.8 Å². The van der Waals surface area contributed by atoms with Crippen LogP contribution in [0.15, 0.2) is 42.6 Å². The molecule has 0 aliphatic carbocycles. The fourth-order valence-corrected chi connectivity index (χ4v) is 2.70. The van der Waals surface area contributed by atoms with E-state index in [1.165, 1.54) is 12.8 Å². The third-order valence-corrected chi connectivity index (χ3v) is 3.95. The van der Waals surface area contributed by atoms with Crippen LogP contribution in [0.5, 0.6) is 5.75 Å². The summed E-state index contributed by atoms with van der Waals surface area (Å²) in [4.78, 5) is 6.87. The Morgan fingerprint density at radius 1 is 1.10 bits per heavy atom. The number of rotatable bonds is 4. The van der Waals surface area contributed by atoms with Crippen molar-refractivity contribution in [3.63, 3.8) is 0 Å². The van der Waals surface area contributed by atoms with Gasteiger partial charge in [-0.15, -0.1) is 0 Å². The third-order valence-electron chi connectivity index (χ3n) is 3.95. The van der Waals surface area contributed by atoms with Gasteiger partial charge in [0, 0.05) is 19.1 Å². The van der Waals surface area contributed by atoms with Crippen LogP contribution in [0.2, 0.25) is 0 Å². The number of anilines is 2. The van der Waals surface area contributed by atoms with E-state index in [0.29, 0.717) is 5.75 Å². The average Bonchev–Trinajstić information content (AvgIpc) is 3.03. The molecule has 1 aliphatic heterocycles. The first-order chi connectivity index (χ1) is 10.2. The second-order valence-corrected chi connectivity index (χ2v) is 5.56. The number of benzene rings is 1. The van der Waals surface area contributed by atoms with E-state index in [2.05, 4.69) is 34.3 Å². The summed E-state index contributed by atoms with van der Waals surface area (Å²) in [6, 6.07) is 11.6. The van der Waals surface area contributed by atoms with Crippen LogP contribution in [-0.2, 0) is 0 Å². The maximum Gasteiger partial charge on any atom is 0.128 e. The minimum Gasteiger partial charge on any atom is -0.508 e. The van der Waals surface area contributed by atoms with Crippen molar-refractivity contribution < 1.29 is 5.11 Å². The standard InChI is InChI=1S/C17H21N3O/c1-13(14-4-7-16(21)8-5-14)19-15-6-9-17(18-12-15)20-10-2-3-11-20/h4-9,12-13,19,21H,2-3,10-11H2,1H3. The van der Waals surface area contributed by atoms with Gasteiger partial charge in [0.2, 0.25) is 0 Å². The Hall–Kier alpha value is -2.23. The van der Waals surface area contributed by atoms with Gasteiger partial charge < -0.3 is 15.3 Å². The van der Waals surface area contributed by atoms with Crippen molar-refractivity contribution in [1.82, 2.24) is 4.98 Å². The molecule has 0 bridgehead atoms. The third kappa shape index (κ3) is 3.27. The normalized spacial score (nSPS) is 16.0. The molecule has 1 atom stereocenters. The van der Waals surface area contributed by atoms with E-state index in [9.17, 15) is 5.11 Å². The van der Waals surface area contributed by atoms with Crippen LogP contribution in [0.3, 0.4) is 0 Å². The van der Waals surface area contributed by atoms with E-state index in [1.54, 1.807) is 12.1 Å². The summed E-state index contributed by atoms with van der Waals surface area (Å²) in [7, 11) is 0. The number of nitrogens with zero attached hydrogens (tertiary/aromatic N) is 2. The number of aromatic hydroxyl groups is 1. The van der Waals surface area contributed by atoms with Crippen LogP contribution in [0.25, 0.3) is 0 Å². The van der Waals surface area contributed by atoms with Crippen LogP contribution in [0.4, 0.5) is 11.5 Å². The smallest absolute Gasteiger partial charge is 0.128 e. The van der Waals surface area contributed by atoms with E-state index in [1.807, 2.05) is 18.3 Å². The van der Waals surface area contributed by atoms with Gasteiger partial charge in [-0.3, -0.25) is 0 Å². The predicted octanol–water partition coefficient (Wildman–Crippen LogP) is 3.56. The van der Waals surface area contributed by atoms with E-state index in [0.717, 1.165) is 30.2 Å². The molecule has 1 aromatic carbocycles. The highest BCUT2D eigenvalue weighted by atomic mass is 16.3. The van der Waals surface area contributed by atoms with Crippen LogP contribution in [0, 0.1) is 0 Å². The molecule has 0 spiro atoms. The van der Waals surface area contributed by atoms with Gasteiger partial charge in [0.05, 0.1) is 11.9 Å². The minimum absolute atomic E-state index is 0.171. The van der Waals surface area contributed by atoms with E-state index < -0.39 is 0 Å². The summed E-state index contributed by atoms with van der Waals surface area (Å²) < 4.78 is 0. The Morgan fingerprint density at radius 3 is 2.43 bits per heavy atom. The molecule has 0 saturated carbocycles. The topological polar surface area (TPSA) is 48.4 Å². The monoisotopic (exact) mass is 283 g/mol. The minimum atomic E-state index is 0.171. The molecule has 1 aliphatic rings. The number of pyridine rings is 1. The van der Waals surface area contributed by atoms with Crippen molar-refractivity contribution in [2.24, 2.45) is 0 Å². The lowest BCUT2D eigenvalue weighted by molar-refractivity contribution is 0.475. The molecular weight excluding hydrogens is 262 g/mol. The van der Waals surface area contributed by atoms with Crippen molar-refractivity contribution in [3.05, 3.63) is 48.2 Å². The molecule has 4 nitrogen and oxygen atoms in total. The summed E-state index contributed by atoms with van der Waals surface area (Å²) in [6.07, 6.45) is 4.42. The number of aromatic nitrogens is 1. The van der Waals surface area contributed by atoms with Crippen molar-refractivity contribution in [3.8, 4) is 5.75 Å². The molecule has 0 amide bonds. The molecule has 3 rings (SSSR count). The molecule has 1 unspecified atom stereocenters. The zero-order valence-corrected chi connectivity index (χ0v) is 12.3. The second kappa shape index (κ2) is 6.04. The molecule has 1 saturated heterocycles. The molecule has 0 radical (unpaired) electrons. The Kier molecular flexibility index (Phi) is 3.95. The Morgan fingerprint density at radius 2 is 1.81 bits per heavy atom. The molecule has 4 heteroatoms. The number of hydrogen-bond acceptors (Lipinski definition) is 4. The quantitative estimate of drug-likeness (QED) is 0.900. The zero-order chi connectivity index (χ0) is 14.7. The largest absolute Gasteiger partial charge is 0.508 e. The molecular formula is C17H21N3O. The Balaban J connectivity index is 1.65. The van der Waals surface area contributed by atoms with E-state index in [4.69, 9.17) is 0 Å². The first-order valence-electron chi connectivity index (χ1n) is 7.49.